The lowest BCUT2D eigenvalue weighted by Gasteiger charge is -2.36. The van der Waals surface area contributed by atoms with Crippen LogP contribution in [0.25, 0.3) is 10.9 Å². The zero-order valence-corrected chi connectivity index (χ0v) is 11.8. The molecule has 0 unspecified atom stereocenters. The van der Waals surface area contributed by atoms with E-state index in [0.29, 0.717) is 25.5 Å². The van der Waals surface area contributed by atoms with Crippen LogP contribution in [0, 0.1) is 0 Å². The standard InChI is InChI=1S/C16H19N3O2/c17-11-16(7-9-21-10-8-16)19-15(20)14-6-5-12-3-1-2-4-13(12)18-14/h1-6H,7-11,17H2,(H,19,20). The highest BCUT2D eigenvalue weighted by molar-refractivity contribution is 5.95. The van der Waals surface area contributed by atoms with E-state index >= 15 is 0 Å². The molecule has 2 heterocycles. The number of amides is 1. The molecule has 0 radical (unpaired) electrons. The fraction of sp³-hybridized carbons (Fsp3) is 0.375. The zero-order valence-electron chi connectivity index (χ0n) is 11.8. The Hall–Kier alpha value is -1.98. The van der Waals surface area contributed by atoms with E-state index in [-0.39, 0.29) is 11.4 Å². The van der Waals surface area contributed by atoms with E-state index in [0.717, 1.165) is 23.7 Å². The quantitative estimate of drug-likeness (QED) is 0.895. The lowest BCUT2D eigenvalue weighted by Crippen LogP contribution is -2.56. The summed E-state index contributed by atoms with van der Waals surface area (Å²) in [7, 11) is 0. The number of fused-ring (bicyclic) bond motifs is 1. The first-order valence-electron chi connectivity index (χ1n) is 7.19. The van der Waals surface area contributed by atoms with Gasteiger partial charge in [-0.2, -0.15) is 0 Å². The van der Waals surface area contributed by atoms with Crippen LogP contribution in [-0.2, 0) is 4.74 Å². The molecule has 110 valence electrons. The van der Waals surface area contributed by atoms with Gasteiger partial charge in [-0.05, 0) is 25.0 Å². The fourth-order valence-electron chi connectivity index (χ4n) is 2.64. The number of hydrogen-bond donors (Lipinski definition) is 2. The van der Waals surface area contributed by atoms with Gasteiger partial charge in [0.25, 0.3) is 5.91 Å². The number of nitrogens with one attached hydrogen (secondary N) is 1. The lowest BCUT2D eigenvalue weighted by molar-refractivity contribution is 0.0387. The zero-order chi connectivity index (χ0) is 14.7. The van der Waals surface area contributed by atoms with E-state index in [2.05, 4.69) is 10.3 Å². The summed E-state index contributed by atoms with van der Waals surface area (Å²) in [5.74, 6) is -0.173. The Labute approximate surface area is 123 Å². The summed E-state index contributed by atoms with van der Waals surface area (Å²) in [6.45, 7) is 1.67. The molecule has 1 saturated heterocycles. The molecule has 1 aliphatic heterocycles. The minimum atomic E-state index is -0.372. The molecule has 1 aromatic heterocycles. The highest BCUT2D eigenvalue weighted by Crippen LogP contribution is 2.20. The summed E-state index contributed by atoms with van der Waals surface area (Å²) >= 11 is 0. The van der Waals surface area contributed by atoms with Gasteiger partial charge >= 0.3 is 0 Å². The second-order valence-electron chi connectivity index (χ2n) is 5.44. The average Bonchev–Trinajstić information content (AvgIpc) is 2.55. The van der Waals surface area contributed by atoms with Crippen LogP contribution in [0.2, 0.25) is 0 Å². The summed E-state index contributed by atoms with van der Waals surface area (Å²) in [5, 5.41) is 4.08. The highest BCUT2D eigenvalue weighted by Gasteiger charge is 2.33. The monoisotopic (exact) mass is 285 g/mol. The van der Waals surface area contributed by atoms with Crippen molar-refractivity contribution in [3.8, 4) is 0 Å². The van der Waals surface area contributed by atoms with Gasteiger partial charge in [-0.1, -0.05) is 24.3 Å². The van der Waals surface area contributed by atoms with E-state index in [9.17, 15) is 4.79 Å². The first-order chi connectivity index (χ1) is 10.2. The van der Waals surface area contributed by atoms with Crippen molar-refractivity contribution in [3.63, 3.8) is 0 Å². The third-order valence-electron chi connectivity index (χ3n) is 4.05. The Morgan fingerprint density at radius 1 is 1.24 bits per heavy atom. The van der Waals surface area contributed by atoms with Gasteiger partial charge in [0.15, 0.2) is 0 Å². The number of para-hydroxylation sites is 1. The topological polar surface area (TPSA) is 77.2 Å². The predicted octanol–water partition coefficient (Wildman–Crippen LogP) is 1.47. The van der Waals surface area contributed by atoms with Crippen molar-refractivity contribution in [3.05, 3.63) is 42.1 Å². The average molecular weight is 285 g/mol. The van der Waals surface area contributed by atoms with Crippen molar-refractivity contribution in [1.82, 2.24) is 10.3 Å². The molecule has 0 saturated carbocycles. The van der Waals surface area contributed by atoms with Gasteiger partial charge in [0.1, 0.15) is 5.69 Å². The van der Waals surface area contributed by atoms with Crippen LogP contribution >= 0.6 is 0 Å². The first kappa shape index (κ1) is 14.0. The summed E-state index contributed by atoms with van der Waals surface area (Å²) in [6, 6.07) is 11.4. The number of nitrogens with two attached hydrogens (primary N) is 1. The molecule has 5 heteroatoms. The number of ether oxygens (including phenoxy) is 1. The lowest BCUT2D eigenvalue weighted by atomic mass is 9.90. The minimum Gasteiger partial charge on any atom is -0.381 e. The van der Waals surface area contributed by atoms with E-state index in [1.807, 2.05) is 30.3 Å². The third-order valence-corrected chi connectivity index (χ3v) is 4.05. The molecule has 1 aliphatic rings. The van der Waals surface area contributed by atoms with Gasteiger partial charge in [-0.3, -0.25) is 4.79 Å². The highest BCUT2D eigenvalue weighted by atomic mass is 16.5. The van der Waals surface area contributed by atoms with Crippen molar-refractivity contribution < 1.29 is 9.53 Å². The minimum absolute atomic E-state index is 0.173. The SMILES string of the molecule is NCC1(NC(=O)c2ccc3ccccc3n2)CCOCC1. The number of aromatic nitrogens is 1. The molecule has 2 aromatic rings. The molecule has 3 N–H and O–H groups in total. The van der Waals surface area contributed by atoms with Gasteiger partial charge in [0.2, 0.25) is 0 Å². The molecule has 1 fully saturated rings. The maximum Gasteiger partial charge on any atom is 0.270 e. The summed E-state index contributed by atoms with van der Waals surface area (Å²) in [6.07, 6.45) is 1.48. The largest absolute Gasteiger partial charge is 0.381 e. The van der Waals surface area contributed by atoms with Gasteiger partial charge in [-0.15, -0.1) is 0 Å². The number of hydrogen-bond acceptors (Lipinski definition) is 4. The van der Waals surface area contributed by atoms with Crippen LogP contribution in [0.4, 0.5) is 0 Å². The fourth-order valence-corrected chi connectivity index (χ4v) is 2.64. The predicted molar refractivity (Wildman–Crippen MR) is 81.0 cm³/mol. The molecule has 21 heavy (non-hydrogen) atoms. The molecule has 0 spiro atoms. The molecule has 0 bridgehead atoms. The van der Waals surface area contributed by atoms with Gasteiger partial charge < -0.3 is 15.8 Å². The summed E-state index contributed by atoms with van der Waals surface area (Å²) in [5.41, 5.74) is 6.73. The maximum atomic E-state index is 12.5. The van der Waals surface area contributed by atoms with Crippen molar-refractivity contribution in [1.29, 1.82) is 0 Å². The summed E-state index contributed by atoms with van der Waals surface area (Å²) < 4.78 is 5.35. The normalized spacial score (nSPS) is 17.6. The number of nitrogens with zero attached hydrogens (tertiary/aromatic N) is 1. The maximum absolute atomic E-state index is 12.5. The molecule has 1 aromatic carbocycles. The van der Waals surface area contributed by atoms with Crippen LogP contribution in [-0.4, -0.2) is 36.2 Å². The molecule has 0 atom stereocenters. The van der Waals surface area contributed by atoms with E-state index in [1.165, 1.54) is 0 Å². The first-order valence-corrected chi connectivity index (χ1v) is 7.19. The molecular formula is C16H19N3O2. The Morgan fingerprint density at radius 2 is 2.00 bits per heavy atom. The van der Waals surface area contributed by atoms with Crippen LogP contribution in [0.5, 0.6) is 0 Å². The number of carbonyl (C=O) groups excluding carboxylic acids is 1. The van der Waals surface area contributed by atoms with Gasteiger partial charge in [0.05, 0.1) is 11.1 Å². The molecule has 5 nitrogen and oxygen atoms in total. The third kappa shape index (κ3) is 2.89. The van der Waals surface area contributed by atoms with Crippen molar-refractivity contribution in [2.75, 3.05) is 19.8 Å². The number of rotatable bonds is 3. The second-order valence-corrected chi connectivity index (χ2v) is 5.44. The van der Waals surface area contributed by atoms with Crippen LogP contribution < -0.4 is 11.1 Å². The van der Waals surface area contributed by atoms with E-state index in [4.69, 9.17) is 10.5 Å². The number of benzene rings is 1. The van der Waals surface area contributed by atoms with Gasteiger partial charge in [0, 0.05) is 25.1 Å². The van der Waals surface area contributed by atoms with Crippen LogP contribution in [0.3, 0.4) is 0 Å². The number of pyridine rings is 1. The second kappa shape index (κ2) is 5.79. The molecule has 1 amide bonds. The molecule has 3 rings (SSSR count). The van der Waals surface area contributed by atoms with E-state index < -0.39 is 0 Å². The van der Waals surface area contributed by atoms with Crippen molar-refractivity contribution in [2.45, 2.75) is 18.4 Å². The Bertz CT molecular complexity index is 651. The Kier molecular flexibility index (Phi) is 3.86. The molecular weight excluding hydrogens is 266 g/mol. The number of carbonyl (C=O) groups is 1. The molecule has 0 aliphatic carbocycles. The van der Waals surface area contributed by atoms with Crippen LogP contribution in [0.15, 0.2) is 36.4 Å². The summed E-state index contributed by atoms with van der Waals surface area (Å²) in [4.78, 5) is 16.9. The van der Waals surface area contributed by atoms with E-state index in [1.54, 1.807) is 6.07 Å². The van der Waals surface area contributed by atoms with Crippen LogP contribution in [0.1, 0.15) is 23.3 Å². The van der Waals surface area contributed by atoms with Crippen molar-refractivity contribution in [2.24, 2.45) is 5.73 Å². The Morgan fingerprint density at radius 3 is 2.76 bits per heavy atom. The van der Waals surface area contributed by atoms with Crippen molar-refractivity contribution >= 4 is 16.8 Å². The Balaban J connectivity index is 1.82. The smallest absolute Gasteiger partial charge is 0.270 e. The van der Waals surface area contributed by atoms with Gasteiger partial charge in [-0.25, -0.2) is 4.98 Å².